The van der Waals surface area contributed by atoms with Gasteiger partial charge in [-0.3, -0.25) is 9.88 Å². The van der Waals surface area contributed by atoms with Crippen LogP contribution in [0.5, 0.6) is 0 Å². The fraction of sp³-hybridized carbons (Fsp3) is 0.458. The molecule has 1 aliphatic rings. The van der Waals surface area contributed by atoms with Gasteiger partial charge in [-0.2, -0.15) is 4.40 Å². The maximum atomic E-state index is 13.1. The van der Waals surface area contributed by atoms with Crippen LogP contribution >= 0.6 is 12.8 Å². The molecule has 0 bridgehead atoms. The van der Waals surface area contributed by atoms with Crippen molar-refractivity contribution in [3.63, 3.8) is 0 Å². The first-order chi connectivity index (χ1) is 16.4. The van der Waals surface area contributed by atoms with Crippen LogP contribution < -0.4 is 0 Å². The molecule has 1 saturated heterocycles. The van der Waals surface area contributed by atoms with E-state index in [9.17, 15) is 4.39 Å². The van der Waals surface area contributed by atoms with Crippen molar-refractivity contribution < 1.29 is 19.0 Å². The van der Waals surface area contributed by atoms with Gasteiger partial charge >= 0.3 is 0 Å². The molecule has 8 nitrogen and oxygen atoms in total. The van der Waals surface area contributed by atoms with E-state index in [1.807, 2.05) is 32.2 Å². The van der Waals surface area contributed by atoms with Crippen LogP contribution in [0.25, 0.3) is 16.6 Å². The van der Waals surface area contributed by atoms with Gasteiger partial charge < -0.3 is 24.6 Å². The van der Waals surface area contributed by atoms with Crippen LogP contribution in [0.4, 0.5) is 4.39 Å². The van der Waals surface area contributed by atoms with E-state index in [0.717, 1.165) is 30.8 Å². The third-order valence-electron chi connectivity index (χ3n) is 4.52. The first-order valence-corrected chi connectivity index (χ1v) is 11.4. The van der Waals surface area contributed by atoms with Crippen molar-refractivity contribution in [1.82, 2.24) is 14.5 Å². The zero-order chi connectivity index (χ0) is 26.1. The SMILES string of the molecule is C=C(F)/C(=C\C)n1cc2cccnc2c1.CC.CC(C)N1COC(CO/C(C=N)=N/S)C1.CO. The maximum Gasteiger partial charge on any atom is 0.238 e. The quantitative estimate of drug-likeness (QED) is 0.227. The van der Waals surface area contributed by atoms with Crippen molar-refractivity contribution >= 4 is 41.5 Å². The molecule has 3 heterocycles. The summed E-state index contributed by atoms with van der Waals surface area (Å²) in [5.41, 5.74) is 1.30. The molecule has 0 aliphatic carbocycles. The van der Waals surface area contributed by atoms with Crippen LogP contribution in [0, 0.1) is 5.41 Å². The van der Waals surface area contributed by atoms with Crippen LogP contribution in [0.1, 0.15) is 34.6 Å². The van der Waals surface area contributed by atoms with Gasteiger partial charge in [0.25, 0.3) is 0 Å². The summed E-state index contributed by atoms with van der Waals surface area (Å²) in [6.07, 6.45) is 8.10. The number of aliphatic hydroxyl groups is 1. The largest absolute Gasteiger partial charge is 0.473 e. The second-order valence-corrected chi connectivity index (χ2v) is 7.10. The van der Waals surface area contributed by atoms with Crippen molar-refractivity contribution in [3.05, 3.63) is 49.2 Å². The molecule has 0 aromatic carbocycles. The van der Waals surface area contributed by atoms with Crippen LogP contribution in [0.15, 0.2) is 53.6 Å². The van der Waals surface area contributed by atoms with Crippen molar-refractivity contribution in [3.8, 4) is 0 Å². The van der Waals surface area contributed by atoms with Crippen molar-refractivity contribution in [2.45, 2.75) is 46.8 Å². The number of thiol groups is 1. The van der Waals surface area contributed by atoms with Crippen molar-refractivity contribution in [2.24, 2.45) is 4.40 Å². The summed E-state index contributed by atoms with van der Waals surface area (Å²) in [5.74, 6) is -0.234. The van der Waals surface area contributed by atoms with Gasteiger partial charge in [-0.1, -0.05) is 26.5 Å². The molecule has 0 radical (unpaired) electrons. The normalized spacial score (nSPS) is 16.0. The van der Waals surface area contributed by atoms with E-state index in [2.05, 4.69) is 47.5 Å². The van der Waals surface area contributed by atoms with E-state index in [0.29, 0.717) is 25.1 Å². The smallest absolute Gasteiger partial charge is 0.238 e. The minimum absolute atomic E-state index is 0.0532. The molecule has 2 aromatic rings. The molecule has 0 spiro atoms. The molecule has 34 heavy (non-hydrogen) atoms. The number of nitrogens with zero attached hydrogens (tertiary/aromatic N) is 4. The lowest BCUT2D eigenvalue weighted by Crippen LogP contribution is -2.30. The number of rotatable bonds is 6. The van der Waals surface area contributed by atoms with Crippen molar-refractivity contribution in [2.75, 3.05) is 27.0 Å². The van der Waals surface area contributed by atoms with Gasteiger partial charge in [-0.05, 0) is 45.7 Å². The van der Waals surface area contributed by atoms with Gasteiger partial charge in [-0.25, -0.2) is 4.39 Å². The highest BCUT2D eigenvalue weighted by atomic mass is 32.1. The molecule has 1 aliphatic heterocycles. The van der Waals surface area contributed by atoms with Crippen LogP contribution in [0.3, 0.4) is 0 Å². The highest BCUT2D eigenvalue weighted by Crippen LogP contribution is 2.20. The van der Waals surface area contributed by atoms with Gasteiger partial charge in [0.2, 0.25) is 5.90 Å². The van der Waals surface area contributed by atoms with Crippen LogP contribution in [0.2, 0.25) is 0 Å². The molecule has 0 saturated carbocycles. The Balaban J connectivity index is 0.000000559. The minimum Gasteiger partial charge on any atom is -0.473 e. The Morgan fingerprint density at radius 1 is 1.44 bits per heavy atom. The summed E-state index contributed by atoms with van der Waals surface area (Å²) in [7, 11) is 1.00. The summed E-state index contributed by atoms with van der Waals surface area (Å²) in [4.78, 5) is 6.40. The molecule has 2 aromatic heterocycles. The zero-order valence-corrected chi connectivity index (χ0v) is 21.8. The Bertz CT molecular complexity index is 897. The molecule has 0 amide bonds. The average molecular weight is 496 g/mol. The summed E-state index contributed by atoms with van der Waals surface area (Å²) < 4.78 is 29.0. The second kappa shape index (κ2) is 17.9. The summed E-state index contributed by atoms with van der Waals surface area (Å²) in [6.45, 7) is 15.2. The van der Waals surface area contributed by atoms with E-state index in [1.165, 1.54) is 0 Å². The van der Waals surface area contributed by atoms with Gasteiger partial charge in [0.15, 0.2) is 0 Å². The predicted octanol–water partition coefficient (Wildman–Crippen LogP) is 4.98. The van der Waals surface area contributed by atoms with Gasteiger partial charge in [0.05, 0.1) is 24.2 Å². The van der Waals surface area contributed by atoms with E-state index in [-0.39, 0.29) is 12.0 Å². The van der Waals surface area contributed by atoms with Gasteiger partial charge in [0.1, 0.15) is 18.5 Å². The third-order valence-corrected chi connectivity index (χ3v) is 4.72. The average Bonchev–Trinajstić information content (AvgIpc) is 3.50. The summed E-state index contributed by atoms with van der Waals surface area (Å²) >= 11 is 3.68. The lowest BCUT2D eigenvalue weighted by Gasteiger charge is -2.17. The molecular formula is C24H38FN5O3S. The van der Waals surface area contributed by atoms with E-state index in [4.69, 9.17) is 20.0 Å². The van der Waals surface area contributed by atoms with Crippen LogP contribution in [-0.4, -0.2) is 70.8 Å². The summed E-state index contributed by atoms with van der Waals surface area (Å²) in [5, 5.41) is 14.9. The first-order valence-electron chi connectivity index (χ1n) is 11.0. The number of allylic oxidation sites excluding steroid dienone is 3. The number of aromatic nitrogens is 2. The van der Waals surface area contributed by atoms with E-state index < -0.39 is 5.83 Å². The Kier molecular flexibility index (Phi) is 16.6. The highest BCUT2D eigenvalue weighted by Gasteiger charge is 2.25. The number of aliphatic hydroxyl groups excluding tert-OH is 1. The Labute approximate surface area is 207 Å². The molecule has 1 unspecified atom stereocenters. The topological polar surface area (TPSA) is 96.0 Å². The fourth-order valence-electron chi connectivity index (χ4n) is 2.86. The maximum absolute atomic E-state index is 13.1. The molecule has 190 valence electrons. The number of halogens is 1. The monoisotopic (exact) mass is 495 g/mol. The van der Waals surface area contributed by atoms with Crippen LogP contribution in [-0.2, 0) is 9.47 Å². The minimum atomic E-state index is -0.446. The van der Waals surface area contributed by atoms with Gasteiger partial charge in [-0.15, -0.1) is 0 Å². The molecular weight excluding hydrogens is 457 g/mol. The molecule has 10 heteroatoms. The molecule has 1 atom stereocenters. The van der Waals surface area contributed by atoms with E-state index in [1.54, 1.807) is 30.0 Å². The number of pyridine rings is 1. The molecule has 1 fully saturated rings. The zero-order valence-electron chi connectivity index (χ0n) is 20.9. The lowest BCUT2D eigenvalue weighted by molar-refractivity contribution is 0.0530. The Morgan fingerprint density at radius 3 is 2.59 bits per heavy atom. The molecule has 2 N–H and O–H groups in total. The summed E-state index contributed by atoms with van der Waals surface area (Å²) in [6, 6.07) is 4.27. The number of hydrogen-bond acceptors (Lipinski definition) is 8. The van der Waals surface area contributed by atoms with E-state index >= 15 is 0 Å². The van der Waals surface area contributed by atoms with Gasteiger partial charge in [0, 0.05) is 43.7 Å². The molecule has 3 rings (SSSR count). The number of ether oxygens (including phenoxy) is 2. The first kappa shape index (κ1) is 31.5. The Morgan fingerprint density at radius 2 is 2.12 bits per heavy atom. The second-order valence-electron chi connectivity index (χ2n) is 6.90. The van der Waals surface area contributed by atoms with Crippen molar-refractivity contribution in [1.29, 1.82) is 5.41 Å². The highest BCUT2D eigenvalue weighted by molar-refractivity contribution is 7.79. The predicted molar refractivity (Wildman–Crippen MR) is 142 cm³/mol. The number of fused-ring (bicyclic) bond motifs is 1. The number of nitrogens with one attached hydrogen (secondary N) is 1. The standard InChI is InChI=1S/C12H11FN2.C9H17N3O2S.C2H6.CH4O/c1-3-12(9(2)13)15-7-10-5-4-6-14-11(10)8-15;1-7(2)12-4-8(14-6-12)5-13-9(3-10)11-15;2*1-2/h3-8H,2H2,1H3;3,7-8,10,15H,4-6H2,1-2H3;1-2H3;2H,1H3/b12-3+;10-3?,11-9+;;. The Hall–Kier alpha value is -2.53. The lowest BCUT2D eigenvalue weighted by atomic mass is 10.3. The fourth-order valence-corrected chi connectivity index (χ4v) is 2.97. The third kappa shape index (κ3) is 10.2. The number of hydrogen-bond donors (Lipinski definition) is 3.